The standard InChI is InChI=1S/C14H12Cl2O/c1-2-10-5-3-4-6-13(10)17-14-9-11(15)7-8-12(14)16/h3-9H,2H2,1H3. The van der Waals surface area contributed by atoms with E-state index in [-0.39, 0.29) is 0 Å². The van der Waals surface area contributed by atoms with Crippen LogP contribution in [0.3, 0.4) is 0 Å². The predicted molar refractivity (Wildman–Crippen MR) is 72.4 cm³/mol. The van der Waals surface area contributed by atoms with Crippen molar-refractivity contribution in [2.45, 2.75) is 13.3 Å². The molecule has 2 rings (SSSR count). The van der Waals surface area contributed by atoms with Crippen LogP contribution in [0.1, 0.15) is 12.5 Å². The second-order valence-electron chi connectivity index (χ2n) is 3.64. The van der Waals surface area contributed by atoms with Gasteiger partial charge in [0.2, 0.25) is 0 Å². The van der Waals surface area contributed by atoms with E-state index in [9.17, 15) is 0 Å². The van der Waals surface area contributed by atoms with Gasteiger partial charge in [-0.05, 0) is 30.2 Å². The maximum atomic E-state index is 6.06. The SMILES string of the molecule is CCc1ccccc1Oc1cc(Cl)ccc1Cl. The van der Waals surface area contributed by atoms with E-state index in [4.69, 9.17) is 27.9 Å². The molecule has 0 aromatic heterocycles. The molecule has 3 heteroatoms. The first-order valence-electron chi connectivity index (χ1n) is 5.41. The number of para-hydroxylation sites is 1. The van der Waals surface area contributed by atoms with Crippen LogP contribution in [0.4, 0.5) is 0 Å². The van der Waals surface area contributed by atoms with Crippen molar-refractivity contribution in [1.82, 2.24) is 0 Å². The fraction of sp³-hybridized carbons (Fsp3) is 0.143. The molecule has 0 amide bonds. The first-order valence-corrected chi connectivity index (χ1v) is 6.17. The first kappa shape index (κ1) is 12.3. The average Bonchev–Trinajstić information content (AvgIpc) is 2.34. The van der Waals surface area contributed by atoms with Crippen molar-refractivity contribution >= 4 is 23.2 Å². The highest BCUT2D eigenvalue weighted by atomic mass is 35.5. The summed E-state index contributed by atoms with van der Waals surface area (Å²) < 4.78 is 5.80. The molecule has 1 nitrogen and oxygen atoms in total. The van der Waals surface area contributed by atoms with Crippen LogP contribution in [0.25, 0.3) is 0 Å². The zero-order valence-electron chi connectivity index (χ0n) is 9.41. The molecule has 0 bridgehead atoms. The molecule has 0 N–H and O–H groups in total. The first-order chi connectivity index (χ1) is 8.20. The third-order valence-corrected chi connectivity index (χ3v) is 3.01. The number of aryl methyl sites for hydroxylation is 1. The Bertz CT molecular complexity index is 523. The van der Waals surface area contributed by atoms with Crippen LogP contribution in [-0.4, -0.2) is 0 Å². The molecule has 0 saturated heterocycles. The van der Waals surface area contributed by atoms with Gasteiger partial charge in [-0.3, -0.25) is 0 Å². The van der Waals surface area contributed by atoms with Gasteiger partial charge < -0.3 is 4.74 Å². The zero-order valence-corrected chi connectivity index (χ0v) is 10.9. The summed E-state index contributed by atoms with van der Waals surface area (Å²) in [6.07, 6.45) is 0.911. The fourth-order valence-electron chi connectivity index (χ4n) is 1.57. The number of hydrogen-bond acceptors (Lipinski definition) is 1. The molecule has 0 heterocycles. The van der Waals surface area contributed by atoms with Crippen LogP contribution in [0.15, 0.2) is 42.5 Å². The van der Waals surface area contributed by atoms with Crippen LogP contribution < -0.4 is 4.74 Å². The molecule has 88 valence electrons. The van der Waals surface area contributed by atoms with Crippen LogP contribution in [-0.2, 0) is 6.42 Å². The summed E-state index contributed by atoms with van der Waals surface area (Å²) in [5, 5.41) is 1.17. The van der Waals surface area contributed by atoms with Crippen LogP contribution in [0.2, 0.25) is 10.0 Å². The molecule has 0 fully saturated rings. The van der Waals surface area contributed by atoms with Crippen molar-refractivity contribution in [1.29, 1.82) is 0 Å². The molecule has 0 aliphatic heterocycles. The van der Waals surface area contributed by atoms with E-state index in [0.29, 0.717) is 15.8 Å². The van der Waals surface area contributed by atoms with E-state index in [0.717, 1.165) is 17.7 Å². The Kier molecular flexibility index (Phi) is 3.93. The van der Waals surface area contributed by atoms with Crippen molar-refractivity contribution < 1.29 is 4.74 Å². The molecule has 0 radical (unpaired) electrons. The lowest BCUT2D eigenvalue weighted by Gasteiger charge is -2.11. The Balaban J connectivity index is 2.34. The van der Waals surface area contributed by atoms with Crippen molar-refractivity contribution in [3.63, 3.8) is 0 Å². The smallest absolute Gasteiger partial charge is 0.147 e. The highest BCUT2D eigenvalue weighted by Crippen LogP contribution is 2.33. The van der Waals surface area contributed by atoms with Gasteiger partial charge in [-0.15, -0.1) is 0 Å². The Hall–Kier alpha value is -1.18. The maximum Gasteiger partial charge on any atom is 0.147 e. The summed E-state index contributed by atoms with van der Waals surface area (Å²) in [5.74, 6) is 1.40. The minimum atomic E-state index is 0.556. The summed E-state index contributed by atoms with van der Waals surface area (Å²) in [4.78, 5) is 0. The topological polar surface area (TPSA) is 9.23 Å². The molecule has 0 saturated carbocycles. The quantitative estimate of drug-likeness (QED) is 0.728. The van der Waals surface area contributed by atoms with Gasteiger partial charge in [-0.1, -0.05) is 48.3 Å². The molecular formula is C14H12Cl2O. The fourth-order valence-corrected chi connectivity index (χ4v) is 1.89. The van der Waals surface area contributed by atoms with Gasteiger partial charge in [0.15, 0.2) is 0 Å². The molecule has 0 atom stereocenters. The third kappa shape index (κ3) is 2.93. The Morgan fingerprint density at radius 2 is 1.76 bits per heavy atom. The minimum absolute atomic E-state index is 0.556. The van der Waals surface area contributed by atoms with E-state index in [2.05, 4.69) is 6.92 Å². The van der Waals surface area contributed by atoms with E-state index in [1.165, 1.54) is 0 Å². The van der Waals surface area contributed by atoms with Crippen molar-refractivity contribution in [2.24, 2.45) is 0 Å². The van der Waals surface area contributed by atoms with Gasteiger partial charge in [-0.25, -0.2) is 0 Å². The number of ether oxygens (including phenoxy) is 1. The van der Waals surface area contributed by atoms with Crippen molar-refractivity contribution in [3.8, 4) is 11.5 Å². The number of rotatable bonds is 3. The lowest BCUT2D eigenvalue weighted by Crippen LogP contribution is -1.90. The summed E-state index contributed by atoms with van der Waals surface area (Å²) in [6.45, 7) is 2.09. The number of benzene rings is 2. The monoisotopic (exact) mass is 266 g/mol. The maximum absolute atomic E-state index is 6.06. The van der Waals surface area contributed by atoms with Gasteiger partial charge in [0, 0.05) is 11.1 Å². The van der Waals surface area contributed by atoms with Gasteiger partial charge in [0.05, 0.1) is 5.02 Å². The molecule has 2 aromatic carbocycles. The molecule has 0 aliphatic rings. The molecule has 0 unspecified atom stereocenters. The summed E-state index contributed by atoms with van der Waals surface area (Å²) in [7, 11) is 0. The predicted octanol–water partition coefficient (Wildman–Crippen LogP) is 5.35. The number of halogens is 2. The molecule has 0 spiro atoms. The van der Waals surface area contributed by atoms with Crippen LogP contribution in [0, 0.1) is 0 Å². The summed E-state index contributed by atoms with van der Waals surface area (Å²) in [6, 6.07) is 13.1. The molecule has 0 aliphatic carbocycles. The zero-order chi connectivity index (χ0) is 12.3. The van der Waals surface area contributed by atoms with Gasteiger partial charge in [-0.2, -0.15) is 0 Å². The van der Waals surface area contributed by atoms with Crippen LogP contribution in [0.5, 0.6) is 11.5 Å². The van der Waals surface area contributed by atoms with Crippen molar-refractivity contribution in [2.75, 3.05) is 0 Å². The highest BCUT2D eigenvalue weighted by molar-refractivity contribution is 6.34. The second kappa shape index (κ2) is 5.44. The summed E-state index contributed by atoms with van der Waals surface area (Å²) in [5.41, 5.74) is 1.14. The lowest BCUT2D eigenvalue weighted by atomic mass is 10.1. The molecular weight excluding hydrogens is 255 g/mol. The second-order valence-corrected chi connectivity index (χ2v) is 4.48. The Morgan fingerprint density at radius 1 is 1.00 bits per heavy atom. The van der Waals surface area contributed by atoms with Gasteiger partial charge in [0.25, 0.3) is 0 Å². The van der Waals surface area contributed by atoms with Gasteiger partial charge >= 0.3 is 0 Å². The molecule has 17 heavy (non-hydrogen) atoms. The van der Waals surface area contributed by atoms with Crippen LogP contribution >= 0.6 is 23.2 Å². The van der Waals surface area contributed by atoms with E-state index in [1.807, 2.05) is 24.3 Å². The molecule has 2 aromatic rings. The third-order valence-electron chi connectivity index (χ3n) is 2.47. The summed E-state index contributed by atoms with van der Waals surface area (Å²) >= 11 is 12.0. The Labute approximate surface area is 111 Å². The number of hydrogen-bond donors (Lipinski definition) is 0. The highest BCUT2D eigenvalue weighted by Gasteiger charge is 2.06. The average molecular weight is 267 g/mol. The minimum Gasteiger partial charge on any atom is -0.455 e. The van der Waals surface area contributed by atoms with E-state index < -0.39 is 0 Å². The lowest BCUT2D eigenvalue weighted by molar-refractivity contribution is 0.477. The normalized spacial score (nSPS) is 10.3. The Morgan fingerprint density at radius 3 is 2.53 bits per heavy atom. The van der Waals surface area contributed by atoms with E-state index >= 15 is 0 Å². The van der Waals surface area contributed by atoms with Crippen molar-refractivity contribution in [3.05, 3.63) is 58.1 Å². The largest absolute Gasteiger partial charge is 0.455 e. The van der Waals surface area contributed by atoms with E-state index in [1.54, 1.807) is 18.2 Å². The van der Waals surface area contributed by atoms with Gasteiger partial charge in [0.1, 0.15) is 11.5 Å².